The van der Waals surface area contributed by atoms with E-state index in [0.717, 1.165) is 27.9 Å². The first-order valence-electron chi connectivity index (χ1n) is 8.12. The van der Waals surface area contributed by atoms with Crippen molar-refractivity contribution in [1.29, 1.82) is 0 Å². The van der Waals surface area contributed by atoms with Crippen LogP contribution in [0.2, 0.25) is 0 Å². The van der Waals surface area contributed by atoms with E-state index in [9.17, 15) is 10.1 Å². The van der Waals surface area contributed by atoms with Crippen LogP contribution in [0.3, 0.4) is 0 Å². The minimum Gasteiger partial charge on any atom is -0.436 e. The third-order valence-electron chi connectivity index (χ3n) is 4.07. The highest BCUT2D eigenvalue weighted by molar-refractivity contribution is 5.76. The van der Waals surface area contributed by atoms with Gasteiger partial charge in [0.05, 0.1) is 4.92 Å². The maximum atomic E-state index is 10.7. The maximum absolute atomic E-state index is 10.7. The third kappa shape index (κ3) is 3.25. The summed E-state index contributed by atoms with van der Waals surface area (Å²) in [4.78, 5) is 14.8. The van der Waals surface area contributed by atoms with Gasteiger partial charge in [-0.1, -0.05) is 24.3 Å². The molecule has 0 radical (unpaired) electrons. The molecule has 128 valence electrons. The standard InChI is InChI=1S/C20H15N3O3/c24-23(25)17-11-5-14(6-12-17)13-21-16-9-7-15(8-10-16)20-22-18-3-1-2-4-19(18)26-20/h1-12,21H,13H2. The van der Waals surface area contributed by atoms with E-state index in [1.54, 1.807) is 12.1 Å². The van der Waals surface area contributed by atoms with Gasteiger partial charge >= 0.3 is 0 Å². The van der Waals surface area contributed by atoms with Crippen molar-refractivity contribution in [3.05, 3.63) is 88.5 Å². The molecular weight excluding hydrogens is 330 g/mol. The first kappa shape index (κ1) is 15.8. The molecule has 3 aromatic carbocycles. The molecule has 0 atom stereocenters. The first-order chi connectivity index (χ1) is 12.7. The van der Waals surface area contributed by atoms with Crippen molar-refractivity contribution in [3.8, 4) is 11.5 Å². The molecule has 6 heteroatoms. The number of nitrogens with one attached hydrogen (secondary N) is 1. The number of para-hydroxylation sites is 2. The number of nitro groups is 1. The molecule has 0 amide bonds. The second-order valence-electron chi connectivity index (χ2n) is 5.84. The zero-order valence-corrected chi connectivity index (χ0v) is 13.8. The Morgan fingerprint density at radius 3 is 2.38 bits per heavy atom. The number of hydrogen-bond acceptors (Lipinski definition) is 5. The Bertz CT molecular complexity index is 1020. The van der Waals surface area contributed by atoms with Gasteiger partial charge in [0.15, 0.2) is 5.58 Å². The number of fused-ring (bicyclic) bond motifs is 1. The molecule has 0 unspecified atom stereocenters. The zero-order chi connectivity index (χ0) is 17.9. The maximum Gasteiger partial charge on any atom is 0.269 e. The molecule has 0 fully saturated rings. The molecule has 0 saturated heterocycles. The third-order valence-corrected chi connectivity index (χ3v) is 4.07. The molecule has 0 aliphatic carbocycles. The van der Waals surface area contributed by atoms with Crippen LogP contribution in [0.4, 0.5) is 11.4 Å². The molecule has 0 saturated carbocycles. The predicted octanol–water partition coefficient (Wildman–Crippen LogP) is 5.02. The van der Waals surface area contributed by atoms with Gasteiger partial charge in [-0.3, -0.25) is 10.1 Å². The summed E-state index contributed by atoms with van der Waals surface area (Å²) in [5.74, 6) is 0.591. The summed E-state index contributed by atoms with van der Waals surface area (Å²) < 4.78 is 5.77. The molecule has 1 heterocycles. The number of nitro benzene ring substituents is 1. The van der Waals surface area contributed by atoms with Gasteiger partial charge in [-0.05, 0) is 42.0 Å². The molecule has 4 rings (SSSR count). The Labute approximate surface area is 149 Å². The molecule has 0 spiro atoms. The average molecular weight is 345 g/mol. The minimum absolute atomic E-state index is 0.0939. The Kier molecular flexibility index (Phi) is 4.07. The summed E-state index contributed by atoms with van der Waals surface area (Å²) in [6.07, 6.45) is 0. The summed E-state index contributed by atoms with van der Waals surface area (Å²) in [7, 11) is 0. The number of oxazole rings is 1. The number of benzene rings is 3. The van der Waals surface area contributed by atoms with Crippen molar-refractivity contribution in [2.45, 2.75) is 6.54 Å². The highest BCUT2D eigenvalue weighted by Gasteiger charge is 2.08. The highest BCUT2D eigenvalue weighted by atomic mass is 16.6. The van der Waals surface area contributed by atoms with Crippen LogP contribution in [0.15, 0.2) is 77.2 Å². The Balaban J connectivity index is 1.45. The van der Waals surface area contributed by atoms with Gasteiger partial charge < -0.3 is 9.73 Å². The second-order valence-corrected chi connectivity index (χ2v) is 5.84. The number of hydrogen-bond donors (Lipinski definition) is 1. The van der Waals surface area contributed by atoms with E-state index in [4.69, 9.17) is 4.42 Å². The van der Waals surface area contributed by atoms with E-state index in [1.165, 1.54) is 12.1 Å². The monoisotopic (exact) mass is 345 g/mol. The van der Waals surface area contributed by atoms with Crippen molar-refractivity contribution in [3.63, 3.8) is 0 Å². The summed E-state index contributed by atoms with van der Waals surface area (Å²) in [5.41, 5.74) is 4.52. The molecule has 4 aromatic rings. The molecular formula is C20H15N3O3. The number of nitrogens with zero attached hydrogens (tertiary/aromatic N) is 2. The lowest BCUT2D eigenvalue weighted by Crippen LogP contribution is -1.99. The van der Waals surface area contributed by atoms with Gasteiger partial charge in [0.1, 0.15) is 5.52 Å². The smallest absolute Gasteiger partial charge is 0.269 e. The summed E-state index contributed by atoms with van der Waals surface area (Å²) in [6.45, 7) is 0.584. The van der Waals surface area contributed by atoms with Gasteiger partial charge in [-0.2, -0.15) is 0 Å². The molecule has 1 N–H and O–H groups in total. The summed E-state index contributed by atoms with van der Waals surface area (Å²) in [6, 6.07) is 22.0. The van der Waals surface area contributed by atoms with Gasteiger partial charge in [0.2, 0.25) is 5.89 Å². The van der Waals surface area contributed by atoms with Gasteiger partial charge in [-0.15, -0.1) is 0 Å². The predicted molar refractivity (Wildman–Crippen MR) is 99.9 cm³/mol. The number of anilines is 1. The summed E-state index contributed by atoms with van der Waals surface area (Å²) >= 11 is 0. The normalized spacial score (nSPS) is 10.8. The van der Waals surface area contributed by atoms with Crippen LogP contribution in [0.25, 0.3) is 22.6 Å². The van der Waals surface area contributed by atoms with E-state index in [0.29, 0.717) is 12.4 Å². The van der Waals surface area contributed by atoms with Crippen molar-refractivity contribution >= 4 is 22.5 Å². The lowest BCUT2D eigenvalue weighted by molar-refractivity contribution is -0.384. The first-order valence-corrected chi connectivity index (χ1v) is 8.12. The summed E-state index contributed by atoms with van der Waals surface area (Å²) in [5, 5.41) is 14.0. The quantitative estimate of drug-likeness (QED) is 0.406. The van der Waals surface area contributed by atoms with Gasteiger partial charge in [0, 0.05) is 29.9 Å². The van der Waals surface area contributed by atoms with Crippen LogP contribution in [0.5, 0.6) is 0 Å². The largest absolute Gasteiger partial charge is 0.436 e. The Hall–Kier alpha value is -3.67. The van der Waals surface area contributed by atoms with Crippen LogP contribution in [-0.4, -0.2) is 9.91 Å². The van der Waals surface area contributed by atoms with Gasteiger partial charge in [0.25, 0.3) is 5.69 Å². The molecule has 26 heavy (non-hydrogen) atoms. The fraction of sp³-hybridized carbons (Fsp3) is 0.0500. The van der Waals surface area contributed by atoms with E-state index in [-0.39, 0.29) is 5.69 Å². The fourth-order valence-electron chi connectivity index (χ4n) is 2.67. The molecule has 0 aliphatic rings. The topological polar surface area (TPSA) is 81.2 Å². The van der Waals surface area contributed by atoms with Crippen LogP contribution in [0.1, 0.15) is 5.56 Å². The Morgan fingerprint density at radius 2 is 1.69 bits per heavy atom. The van der Waals surface area contributed by atoms with E-state index < -0.39 is 4.92 Å². The molecule has 0 bridgehead atoms. The fourth-order valence-corrected chi connectivity index (χ4v) is 2.67. The SMILES string of the molecule is O=[N+]([O-])c1ccc(CNc2ccc(-c3nc4ccccc4o3)cc2)cc1. The zero-order valence-electron chi connectivity index (χ0n) is 13.8. The van der Waals surface area contributed by atoms with E-state index in [2.05, 4.69) is 10.3 Å². The number of aromatic nitrogens is 1. The molecule has 1 aromatic heterocycles. The van der Waals surface area contributed by atoms with Crippen LogP contribution < -0.4 is 5.32 Å². The lowest BCUT2D eigenvalue weighted by Gasteiger charge is -2.07. The van der Waals surface area contributed by atoms with Gasteiger partial charge in [-0.25, -0.2) is 4.98 Å². The van der Waals surface area contributed by atoms with Crippen LogP contribution in [-0.2, 0) is 6.54 Å². The van der Waals surface area contributed by atoms with Crippen molar-refractivity contribution in [2.75, 3.05) is 5.32 Å². The Morgan fingerprint density at radius 1 is 0.962 bits per heavy atom. The van der Waals surface area contributed by atoms with E-state index in [1.807, 2.05) is 48.5 Å². The molecule has 6 nitrogen and oxygen atoms in total. The van der Waals surface area contributed by atoms with Crippen molar-refractivity contribution in [1.82, 2.24) is 4.98 Å². The highest BCUT2D eigenvalue weighted by Crippen LogP contribution is 2.25. The van der Waals surface area contributed by atoms with E-state index >= 15 is 0 Å². The van der Waals surface area contributed by atoms with Crippen LogP contribution in [0, 0.1) is 10.1 Å². The van der Waals surface area contributed by atoms with Crippen molar-refractivity contribution < 1.29 is 9.34 Å². The number of rotatable bonds is 5. The second kappa shape index (κ2) is 6.68. The minimum atomic E-state index is -0.401. The van der Waals surface area contributed by atoms with Crippen LogP contribution >= 0.6 is 0 Å². The number of non-ortho nitro benzene ring substituents is 1. The van der Waals surface area contributed by atoms with Crippen molar-refractivity contribution in [2.24, 2.45) is 0 Å². The average Bonchev–Trinajstić information content (AvgIpc) is 3.11. The lowest BCUT2D eigenvalue weighted by atomic mass is 10.2. The molecule has 0 aliphatic heterocycles.